The lowest BCUT2D eigenvalue weighted by Crippen LogP contribution is -2.68. The van der Waals surface area contributed by atoms with Crippen molar-refractivity contribution in [2.75, 3.05) is 27.4 Å². The molecule has 0 N–H and O–H groups in total. The maximum atomic E-state index is 12.4. The monoisotopic (exact) mass is 356 g/mol. The highest BCUT2D eigenvalue weighted by Crippen LogP contribution is 2.39. The van der Waals surface area contributed by atoms with E-state index in [1.807, 2.05) is 0 Å². The van der Waals surface area contributed by atoms with Gasteiger partial charge in [-0.1, -0.05) is 18.2 Å². The molecule has 2 aliphatic rings. The van der Waals surface area contributed by atoms with Gasteiger partial charge >= 0.3 is 11.9 Å². The molecule has 4 atom stereocenters. The van der Waals surface area contributed by atoms with Gasteiger partial charge in [0.1, 0.15) is 6.61 Å². The van der Waals surface area contributed by atoms with Crippen LogP contribution in [0.25, 0.3) is 0 Å². The molecule has 2 rings (SSSR count). The number of hydrogen-bond acceptors (Lipinski definition) is 8. The maximum absolute atomic E-state index is 12.4. The summed E-state index contributed by atoms with van der Waals surface area (Å²) in [4.78, 5) is 24.8. The number of rotatable bonds is 2. The van der Waals surface area contributed by atoms with Gasteiger partial charge in [-0.3, -0.25) is 0 Å². The summed E-state index contributed by atoms with van der Waals surface area (Å²) in [5.74, 6) is -4.40. The van der Waals surface area contributed by atoms with E-state index in [9.17, 15) is 9.59 Å². The van der Waals surface area contributed by atoms with Crippen LogP contribution in [0.4, 0.5) is 0 Å². The molecule has 8 nitrogen and oxygen atoms in total. The molecule has 1 saturated heterocycles. The van der Waals surface area contributed by atoms with E-state index in [1.54, 1.807) is 26.0 Å². The first kappa shape index (κ1) is 19.6. The third kappa shape index (κ3) is 3.92. The smallest absolute Gasteiger partial charge is 0.339 e. The van der Waals surface area contributed by atoms with Crippen LogP contribution in [0.15, 0.2) is 24.3 Å². The van der Waals surface area contributed by atoms with Gasteiger partial charge in [-0.2, -0.15) is 0 Å². The third-order valence-corrected chi connectivity index (χ3v) is 4.39. The quantitative estimate of drug-likeness (QED) is 0.680. The minimum absolute atomic E-state index is 0.0186. The molecule has 0 amide bonds. The Labute approximate surface area is 146 Å². The van der Waals surface area contributed by atoms with E-state index < -0.39 is 35.7 Å². The van der Waals surface area contributed by atoms with Crippen LogP contribution in [0.2, 0.25) is 0 Å². The fraction of sp³-hybridized carbons (Fsp3) is 0.647. The summed E-state index contributed by atoms with van der Waals surface area (Å²) in [6, 6.07) is 0. The Bertz CT molecular complexity index is 571. The first-order valence-electron chi connectivity index (χ1n) is 7.90. The van der Waals surface area contributed by atoms with Gasteiger partial charge in [-0.05, 0) is 19.9 Å². The standard InChI is InChI=1S/C17H24O8/c1-11-7-6-9-22-14(18)12-13(15(19)23-10-8-11)25-17(3,21-5)16(2,20-4)24-12/h6-7,12-13H,1,8-10H2,2-5H3/b7-6+. The van der Waals surface area contributed by atoms with Gasteiger partial charge in [0.2, 0.25) is 11.6 Å². The first-order chi connectivity index (χ1) is 11.8. The zero-order valence-corrected chi connectivity index (χ0v) is 14.9. The van der Waals surface area contributed by atoms with E-state index in [4.69, 9.17) is 28.4 Å². The van der Waals surface area contributed by atoms with Gasteiger partial charge in [0.15, 0.2) is 12.2 Å². The van der Waals surface area contributed by atoms with Crippen LogP contribution in [-0.2, 0) is 38.0 Å². The number of carbonyl (C=O) groups is 2. The van der Waals surface area contributed by atoms with E-state index in [0.29, 0.717) is 6.42 Å². The summed E-state index contributed by atoms with van der Waals surface area (Å²) >= 11 is 0. The third-order valence-electron chi connectivity index (χ3n) is 4.39. The molecule has 25 heavy (non-hydrogen) atoms. The van der Waals surface area contributed by atoms with Crippen LogP contribution < -0.4 is 0 Å². The first-order valence-corrected chi connectivity index (χ1v) is 7.90. The molecule has 0 bridgehead atoms. The molecule has 8 heteroatoms. The SMILES string of the molecule is C=C1/C=C/COC(=O)C2OC(C)(OC)C(C)(OC)OC2C(=O)OCC1. The number of cyclic esters (lactones) is 2. The molecule has 0 spiro atoms. The van der Waals surface area contributed by atoms with Crippen molar-refractivity contribution in [3.63, 3.8) is 0 Å². The van der Waals surface area contributed by atoms with Crippen LogP contribution >= 0.6 is 0 Å². The molecule has 2 aliphatic heterocycles. The van der Waals surface area contributed by atoms with Crippen LogP contribution in [-0.4, -0.2) is 63.2 Å². The second kappa shape index (κ2) is 7.65. The molecule has 140 valence electrons. The zero-order chi connectivity index (χ0) is 18.7. The summed E-state index contributed by atoms with van der Waals surface area (Å²) in [6.45, 7) is 7.04. The van der Waals surface area contributed by atoms with Gasteiger partial charge in [0.05, 0.1) is 6.61 Å². The molecule has 1 fully saturated rings. The molecule has 0 aromatic carbocycles. The van der Waals surface area contributed by atoms with Crippen molar-refractivity contribution in [3.8, 4) is 0 Å². The highest BCUT2D eigenvalue weighted by Gasteiger charge is 2.60. The molecule has 0 aliphatic carbocycles. The lowest BCUT2D eigenvalue weighted by molar-refractivity contribution is -0.439. The maximum Gasteiger partial charge on any atom is 0.339 e. The van der Waals surface area contributed by atoms with E-state index >= 15 is 0 Å². The van der Waals surface area contributed by atoms with Crippen molar-refractivity contribution >= 4 is 11.9 Å². The number of allylic oxidation sites excluding steroid dienone is 1. The summed E-state index contributed by atoms with van der Waals surface area (Å²) in [5.41, 5.74) is 0.746. The Hall–Kier alpha value is -1.74. The fourth-order valence-electron chi connectivity index (χ4n) is 2.51. The Balaban J connectivity index is 2.33. The zero-order valence-electron chi connectivity index (χ0n) is 14.9. The molecule has 0 aromatic heterocycles. The van der Waals surface area contributed by atoms with Crippen molar-refractivity contribution < 1.29 is 38.0 Å². The van der Waals surface area contributed by atoms with Crippen LogP contribution in [0, 0.1) is 0 Å². The number of methoxy groups -OCH3 is 2. The molecule has 2 heterocycles. The van der Waals surface area contributed by atoms with E-state index in [1.165, 1.54) is 14.2 Å². The van der Waals surface area contributed by atoms with Crippen molar-refractivity contribution in [2.24, 2.45) is 0 Å². The topological polar surface area (TPSA) is 89.5 Å². The fourth-order valence-corrected chi connectivity index (χ4v) is 2.51. The molecule has 4 unspecified atom stereocenters. The second-order valence-corrected chi connectivity index (χ2v) is 5.98. The van der Waals surface area contributed by atoms with E-state index in [2.05, 4.69) is 6.58 Å². The van der Waals surface area contributed by atoms with Crippen molar-refractivity contribution in [1.82, 2.24) is 0 Å². The molecule has 0 saturated carbocycles. The van der Waals surface area contributed by atoms with Crippen molar-refractivity contribution in [1.29, 1.82) is 0 Å². The lowest BCUT2D eigenvalue weighted by atomic mass is 10.0. The normalized spacial score (nSPS) is 38.6. The van der Waals surface area contributed by atoms with Crippen LogP contribution in [0.1, 0.15) is 20.3 Å². The Morgan fingerprint density at radius 2 is 1.56 bits per heavy atom. The van der Waals surface area contributed by atoms with Crippen LogP contribution in [0.3, 0.4) is 0 Å². The van der Waals surface area contributed by atoms with Gasteiger partial charge < -0.3 is 28.4 Å². The summed E-state index contributed by atoms with van der Waals surface area (Å²) in [7, 11) is 2.77. The van der Waals surface area contributed by atoms with Gasteiger partial charge in [-0.25, -0.2) is 9.59 Å². The van der Waals surface area contributed by atoms with Gasteiger partial charge in [0.25, 0.3) is 0 Å². The minimum Gasteiger partial charge on any atom is -0.463 e. The predicted molar refractivity (Wildman–Crippen MR) is 85.4 cm³/mol. The number of ether oxygens (including phenoxy) is 6. The number of hydrogen-bond donors (Lipinski definition) is 0. The molecular weight excluding hydrogens is 332 g/mol. The average Bonchev–Trinajstić information content (AvgIpc) is 2.59. The van der Waals surface area contributed by atoms with Gasteiger partial charge in [-0.15, -0.1) is 0 Å². The molecular formula is C17H24O8. The van der Waals surface area contributed by atoms with E-state index in [-0.39, 0.29) is 13.2 Å². The lowest BCUT2D eigenvalue weighted by Gasteiger charge is -2.50. The minimum atomic E-state index is -1.44. The highest BCUT2D eigenvalue weighted by molar-refractivity contribution is 5.86. The van der Waals surface area contributed by atoms with Crippen LogP contribution in [0.5, 0.6) is 0 Å². The number of esters is 2. The van der Waals surface area contributed by atoms with E-state index in [0.717, 1.165) is 5.57 Å². The number of fused-ring (bicyclic) bond motifs is 1. The Morgan fingerprint density at radius 1 is 1.04 bits per heavy atom. The molecule has 0 radical (unpaired) electrons. The van der Waals surface area contributed by atoms with Crippen molar-refractivity contribution in [3.05, 3.63) is 24.3 Å². The average molecular weight is 356 g/mol. The van der Waals surface area contributed by atoms with Gasteiger partial charge in [0, 0.05) is 20.6 Å². The number of carbonyl (C=O) groups excluding carboxylic acids is 2. The summed E-state index contributed by atoms with van der Waals surface area (Å²) in [6.07, 6.45) is 1.11. The van der Waals surface area contributed by atoms with Crippen molar-refractivity contribution in [2.45, 2.75) is 44.1 Å². The summed E-state index contributed by atoms with van der Waals surface area (Å²) < 4.78 is 32.6. The predicted octanol–water partition coefficient (Wildman–Crippen LogP) is 1.10. The largest absolute Gasteiger partial charge is 0.463 e. The molecule has 0 aromatic rings. The second-order valence-electron chi connectivity index (χ2n) is 5.98. The highest BCUT2D eigenvalue weighted by atomic mass is 16.8. The Kier molecular flexibility index (Phi) is 5.99. The Morgan fingerprint density at radius 3 is 2.08 bits per heavy atom. The summed E-state index contributed by atoms with van der Waals surface area (Å²) in [5, 5.41) is 0.